The Labute approximate surface area is 114 Å². The predicted octanol–water partition coefficient (Wildman–Crippen LogP) is 1.81. The topological polar surface area (TPSA) is 41.6 Å². The second-order valence-electron chi connectivity index (χ2n) is 5.04. The molecule has 1 fully saturated rings. The van der Waals surface area contributed by atoms with E-state index in [-0.39, 0.29) is 18.1 Å². The minimum atomic E-state index is -0.241. The van der Waals surface area contributed by atoms with Crippen molar-refractivity contribution in [1.82, 2.24) is 5.32 Å². The molecule has 1 amide bonds. The van der Waals surface area contributed by atoms with Crippen molar-refractivity contribution in [3.8, 4) is 0 Å². The van der Waals surface area contributed by atoms with Gasteiger partial charge in [0.15, 0.2) is 0 Å². The number of hydrogen-bond donors (Lipinski definition) is 1. The van der Waals surface area contributed by atoms with E-state index in [9.17, 15) is 4.79 Å². The molecule has 1 N–H and O–H groups in total. The van der Waals surface area contributed by atoms with Crippen LogP contribution in [0.3, 0.4) is 0 Å². The van der Waals surface area contributed by atoms with Gasteiger partial charge >= 0.3 is 0 Å². The Balaban J connectivity index is 1.80. The van der Waals surface area contributed by atoms with Gasteiger partial charge in [-0.15, -0.1) is 0 Å². The molecule has 1 aliphatic heterocycles. The van der Waals surface area contributed by atoms with Crippen LogP contribution in [-0.4, -0.2) is 38.3 Å². The average Bonchev–Trinajstić information content (AvgIpc) is 2.98. The molecular formula is C15H22N2O2. The molecule has 19 heavy (non-hydrogen) atoms. The van der Waals surface area contributed by atoms with Crippen LogP contribution in [0.2, 0.25) is 0 Å². The summed E-state index contributed by atoms with van der Waals surface area (Å²) < 4.78 is 5.37. The van der Waals surface area contributed by atoms with Crippen LogP contribution in [0, 0.1) is 0 Å². The number of nitrogens with one attached hydrogen (secondary N) is 1. The lowest BCUT2D eigenvalue weighted by Gasteiger charge is -2.27. The number of anilines is 1. The molecule has 1 aliphatic rings. The van der Waals surface area contributed by atoms with Gasteiger partial charge < -0.3 is 15.0 Å². The van der Waals surface area contributed by atoms with Crippen LogP contribution >= 0.6 is 0 Å². The molecule has 1 heterocycles. The monoisotopic (exact) mass is 262 g/mol. The van der Waals surface area contributed by atoms with Crippen LogP contribution in [0.25, 0.3) is 0 Å². The van der Waals surface area contributed by atoms with Gasteiger partial charge in [0.2, 0.25) is 5.91 Å². The SMILES string of the molecule is C[C@H](CNC(=O)[C@H]1CCCO1)N(C)c1ccccc1. The summed E-state index contributed by atoms with van der Waals surface area (Å²) in [5, 5.41) is 2.97. The van der Waals surface area contributed by atoms with E-state index in [4.69, 9.17) is 4.74 Å². The number of nitrogens with zero attached hydrogens (tertiary/aromatic N) is 1. The highest BCUT2D eigenvalue weighted by Crippen LogP contribution is 2.14. The molecule has 1 aromatic carbocycles. The number of para-hydroxylation sites is 1. The fourth-order valence-electron chi connectivity index (χ4n) is 2.20. The first kappa shape index (κ1) is 13.9. The highest BCUT2D eigenvalue weighted by molar-refractivity contribution is 5.81. The van der Waals surface area contributed by atoms with Crippen LogP contribution < -0.4 is 10.2 Å². The molecule has 0 aromatic heterocycles. The predicted molar refractivity (Wildman–Crippen MR) is 76.3 cm³/mol. The number of benzene rings is 1. The normalized spacial score (nSPS) is 20.0. The first-order valence-electron chi connectivity index (χ1n) is 6.85. The third kappa shape index (κ3) is 3.70. The molecular weight excluding hydrogens is 240 g/mol. The van der Waals surface area contributed by atoms with Gasteiger partial charge in [0.25, 0.3) is 0 Å². The number of ether oxygens (including phenoxy) is 1. The summed E-state index contributed by atoms with van der Waals surface area (Å²) in [7, 11) is 2.04. The van der Waals surface area contributed by atoms with E-state index in [2.05, 4.69) is 29.3 Å². The fourth-order valence-corrected chi connectivity index (χ4v) is 2.20. The molecule has 0 unspecified atom stereocenters. The lowest BCUT2D eigenvalue weighted by atomic mass is 10.2. The number of likely N-dealkylation sites (N-methyl/N-ethyl adjacent to an activating group) is 1. The second kappa shape index (κ2) is 6.57. The first-order valence-corrected chi connectivity index (χ1v) is 6.85. The molecule has 0 bridgehead atoms. The zero-order valence-corrected chi connectivity index (χ0v) is 11.6. The first-order chi connectivity index (χ1) is 9.18. The van der Waals surface area contributed by atoms with E-state index < -0.39 is 0 Å². The van der Waals surface area contributed by atoms with Crippen molar-refractivity contribution in [2.75, 3.05) is 25.1 Å². The maximum absolute atomic E-state index is 11.9. The van der Waals surface area contributed by atoms with Gasteiger partial charge in [-0.2, -0.15) is 0 Å². The van der Waals surface area contributed by atoms with Crippen LogP contribution in [0.1, 0.15) is 19.8 Å². The van der Waals surface area contributed by atoms with E-state index in [0.717, 1.165) is 18.5 Å². The molecule has 2 atom stereocenters. The van der Waals surface area contributed by atoms with Crippen molar-refractivity contribution in [2.45, 2.75) is 31.9 Å². The maximum Gasteiger partial charge on any atom is 0.249 e. The van der Waals surface area contributed by atoms with Crippen molar-refractivity contribution >= 4 is 11.6 Å². The quantitative estimate of drug-likeness (QED) is 0.880. The summed E-state index contributed by atoms with van der Waals surface area (Å²) >= 11 is 0. The average molecular weight is 262 g/mol. The van der Waals surface area contributed by atoms with E-state index in [0.29, 0.717) is 13.2 Å². The Bertz CT molecular complexity index is 402. The Morgan fingerprint density at radius 1 is 1.47 bits per heavy atom. The molecule has 0 radical (unpaired) electrons. The highest BCUT2D eigenvalue weighted by Gasteiger charge is 2.23. The Morgan fingerprint density at radius 2 is 2.21 bits per heavy atom. The summed E-state index contributed by atoms with van der Waals surface area (Å²) in [6, 6.07) is 10.4. The lowest BCUT2D eigenvalue weighted by molar-refractivity contribution is -0.130. The van der Waals surface area contributed by atoms with Crippen molar-refractivity contribution in [2.24, 2.45) is 0 Å². The summed E-state index contributed by atoms with van der Waals surface area (Å²) in [5.74, 6) is 0.0193. The molecule has 0 spiro atoms. The molecule has 4 heteroatoms. The van der Waals surface area contributed by atoms with Gasteiger partial charge in [-0.05, 0) is 31.9 Å². The zero-order chi connectivity index (χ0) is 13.7. The van der Waals surface area contributed by atoms with E-state index >= 15 is 0 Å². The number of carbonyl (C=O) groups excluding carboxylic acids is 1. The number of hydrogen-bond acceptors (Lipinski definition) is 3. The molecule has 0 aliphatic carbocycles. The van der Waals surface area contributed by atoms with E-state index in [1.165, 1.54) is 0 Å². The minimum absolute atomic E-state index is 0.0193. The van der Waals surface area contributed by atoms with Gasteiger partial charge in [0, 0.05) is 31.9 Å². The van der Waals surface area contributed by atoms with Crippen molar-refractivity contribution in [1.29, 1.82) is 0 Å². The Kier molecular flexibility index (Phi) is 4.80. The third-order valence-electron chi connectivity index (χ3n) is 3.62. The molecule has 0 saturated carbocycles. The number of rotatable bonds is 5. The van der Waals surface area contributed by atoms with Crippen molar-refractivity contribution < 1.29 is 9.53 Å². The van der Waals surface area contributed by atoms with Gasteiger partial charge in [-0.3, -0.25) is 4.79 Å². The van der Waals surface area contributed by atoms with Gasteiger partial charge in [-0.25, -0.2) is 0 Å². The number of amides is 1. The fraction of sp³-hybridized carbons (Fsp3) is 0.533. The van der Waals surface area contributed by atoms with Crippen LogP contribution in [0.15, 0.2) is 30.3 Å². The summed E-state index contributed by atoms with van der Waals surface area (Å²) in [5.41, 5.74) is 1.15. The van der Waals surface area contributed by atoms with E-state index in [1.807, 2.05) is 25.2 Å². The van der Waals surface area contributed by atoms with Gasteiger partial charge in [-0.1, -0.05) is 18.2 Å². The summed E-state index contributed by atoms with van der Waals surface area (Å²) in [4.78, 5) is 14.0. The van der Waals surface area contributed by atoms with Gasteiger partial charge in [0.05, 0.1) is 0 Å². The maximum atomic E-state index is 11.9. The summed E-state index contributed by atoms with van der Waals surface area (Å²) in [6.45, 7) is 3.43. The highest BCUT2D eigenvalue weighted by atomic mass is 16.5. The minimum Gasteiger partial charge on any atom is -0.370 e. The lowest BCUT2D eigenvalue weighted by Crippen LogP contribution is -2.43. The van der Waals surface area contributed by atoms with Crippen molar-refractivity contribution in [3.63, 3.8) is 0 Å². The molecule has 1 aromatic rings. The number of carbonyl (C=O) groups is 1. The molecule has 1 saturated heterocycles. The van der Waals surface area contributed by atoms with Crippen LogP contribution in [0.5, 0.6) is 0 Å². The second-order valence-corrected chi connectivity index (χ2v) is 5.04. The van der Waals surface area contributed by atoms with Gasteiger partial charge in [0.1, 0.15) is 6.10 Å². The molecule has 2 rings (SSSR count). The van der Waals surface area contributed by atoms with Crippen LogP contribution in [0.4, 0.5) is 5.69 Å². The molecule has 104 valence electrons. The Morgan fingerprint density at radius 3 is 2.84 bits per heavy atom. The summed E-state index contributed by atoms with van der Waals surface area (Å²) in [6.07, 6.45) is 1.58. The van der Waals surface area contributed by atoms with Crippen LogP contribution in [-0.2, 0) is 9.53 Å². The van der Waals surface area contributed by atoms with Crippen molar-refractivity contribution in [3.05, 3.63) is 30.3 Å². The Hall–Kier alpha value is -1.55. The molecule has 4 nitrogen and oxygen atoms in total. The van der Waals surface area contributed by atoms with E-state index in [1.54, 1.807) is 0 Å². The zero-order valence-electron chi connectivity index (χ0n) is 11.6. The standard InChI is InChI=1S/C15H22N2O2/c1-12(17(2)13-7-4-3-5-8-13)11-16-15(18)14-9-6-10-19-14/h3-5,7-8,12,14H,6,9-11H2,1-2H3,(H,16,18)/t12-,14-/m1/s1. The largest absolute Gasteiger partial charge is 0.370 e. The third-order valence-corrected chi connectivity index (χ3v) is 3.62. The smallest absolute Gasteiger partial charge is 0.249 e.